The lowest BCUT2D eigenvalue weighted by Crippen LogP contribution is -2.13. The van der Waals surface area contributed by atoms with Gasteiger partial charge in [0.2, 0.25) is 0 Å². The molecule has 0 bridgehead atoms. The zero-order valence-electron chi connectivity index (χ0n) is 13.8. The fraction of sp³-hybridized carbons (Fsp3) is 0.105. The summed E-state index contributed by atoms with van der Waals surface area (Å²) in [6.45, 7) is 3.66. The van der Waals surface area contributed by atoms with Gasteiger partial charge in [0.05, 0.1) is 16.3 Å². The topological polar surface area (TPSA) is 96.6 Å². The molecule has 1 heterocycles. The van der Waals surface area contributed by atoms with E-state index in [1.807, 2.05) is 6.08 Å². The van der Waals surface area contributed by atoms with E-state index in [1.165, 1.54) is 30.3 Å². The molecule has 0 saturated carbocycles. The van der Waals surface area contributed by atoms with E-state index in [9.17, 15) is 18.3 Å². The Balaban J connectivity index is 1.88. The average molecular weight is 371 g/mol. The van der Waals surface area contributed by atoms with E-state index in [-0.39, 0.29) is 27.3 Å². The third-order valence-electron chi connectivity index (χ3n) is 3.84. The van der Waals surface area contributed by atoms with Gasteiger partial charge in [0.15, 0.2) is 0 Å². The van der Waals surface area contributed by atoms with Crippen LogP contribution < -0.4 is 10.3 Å². The van der Waals surface area contributed by atoms with Crippen LogP contribution in [0.3, 0.4) is 0 Å². The molecule has 26 heavy (non-hydrogen) atoms. The maximum Gasteiger partial charge on any atom is 0.339 e. The third kappa shape index (κ3) is 3.78. The van der Waals surface area contributed by atoms with Gasteiger partial charge in [0.25, 0.3) is 10.0 Å². The van der Waals surface area contributed by atoms with Gasteiger partial charge in [-0.05, 0) is 48.7 Å². The van der Waals surface area contributed by atoms with Gasteiger partial charge < -0.3 is 9.52 Å². The van der Waals surface area contributed by atoms with E-state index in [4.69, 9.17) is 4.42 Å². The molecule has 0 amide bonds. The molecular weight excluding hydrogens is 354 g/mol. The number of rotatable bonds is 6. The number of fused-ring (bicyclic) bond motifs is 1. The first-order chi connectivity index (χ1) is 12.4. The second kappa shape index (κ2) is 7.05. The number of aromatic hydroxyl groups is 1. The first-order valence-electron chi connectivity index (χ1n) is 7.88. The summed E-state index contributed by atoms with van der Waals surface area (Å²) >= 11 is 0. The number of allylic oxidation sites excluding steroid dienone is 1. The first-order valence-corrected chi connectivity index (χ1v) is 9.37. The van der Waals surface area contributed by atoms with Crippen molar-refractivity contribution in [1.82, 2.24) is 0 Å². The van der Waals surface area contributed by atoms with Crippen LogP contribution in [0.2, 0.25) is 0 Å². The highest BCUT2D eigenvalue weighted by Gasteiger charge is 2.15. The molecule has 134 valence electrons. The summed E-state index contributed by atoms with van der Waals surface area (Å²) in [4.78, 5) is 11.4. The van der Waals surface area contributed by atoms with Crippen molar-refractivity contribution in [2.75, 3.05) is 4.72 Å². The molecule has 0 atom stereocenters. The van der Waals surface area contributed by atoms with Crippen LogP contribution >= 0.6 is 0 Å². The van der Waals surface area contributed by atoms with Crippen LogP contribution in [0.25, 0.3) is 11.0 Å². The van der Waals surface area contributed by atoms with E-state index < -0.39 is 15.6 Å². The zero-order valence-corrected chi connectivity index (χ0v) is 14.6. The number of nitrogens with one attached hydrogen (secondary N) is 1. The van der Waals surface area contributed by atoms with Gasteiger partial charge in [-0.2, -0.15) is 0 Å². The average Bonchev–Trinajstić information content (AvgIpc) is 2.60. The summed E-state index contributed by atoms with van der Waals surface area (Å²) in [5.41, 5.74) is 0.760. The quantitative estimate of drug-likeness (QED) is 0.511. The summed E-state index contributed by atoms with van der Waals surface area (Å²) in [6.07, 6.45) is 3.43. The van der Waals surface area contributed by atoms with Gasteiger partial charge >= 0.3 is 5.63 Å². The van der Waals surface area contributed by atoms with E-state index in [2.05, 4.69) is 11.3 Å². The highest BCUT2D eigenvalue weighted by molar-refractivity contribution is 7.92. The molecular formula is C19H17NO5S. The second-order valence-electron chi connectivity index (χ2n) is 5.74. The van der Waals surface area contributed by atoms with Gasteiger partial charge in [-0.25, -0.2) is 13.2 Å². The van der Waals surface area contributed by atoms with E-state index in [1.54, 1.807) is 12.1 Å². The van der Waals surface area contributed by atoms with Crippen LogP contribution in [0.15, 0.2) is 75.3 Å². The monoisotopic (exact) mass is 371 g/mol. The summed E-state index contributed by atoms with van der Waals surface area (Å²) in [6, 6.07) is 11.8. The molecule has 0 saturated heterocycles. The molecule has 0 aliphatic carbocycles. The van der Waals surface area contributed by atoms with E-state index >= 15 is 0 Å². The molecule has 3 rings (SSSR count). The molecule has 1 aromatic heterocycles. The van der Waals surface area contributed by atoms with Crippen molar-refractivity contribution < 1.29 is 17.9 Å². The summed E-state index contributed by atoms with van der Waals surface area (Å²) in [5.74, 6) is -0.274. The number of anilines is 1. The Morgan fingerprint density at radius 1 is 1.12 bits per heavy atom. The van der Waals surface area contributed by atoms with Crippen LogP contribution in [0.5, 0.6) is 5.75 Å². The van der Waals surface area contributed by atoms with Crippen LogP contribution in [0.1, 0.15) is 12.0 Å². The van der Waals surface area contributed by atoms with Gasteiger partial charge in [0.1, 0.15) is 11.3 Å². The molecule has 0 spiro atoms. The Morgan fingerprint density at radius 3 is 2.54 bits per heavy atom. The minimum atomic E-state index is -3.78. The number of aryl methyl sites for hydroxylation is 1. The fourth-order valence-electron chi connectivity index (χ4n) is 2.53. The molecule has 7 heteroatoms. The van der Waals surface area contributed by atoms with Crippen molar-refractivity contribution in [1.29, 1.82) is 0 Å². The van der Waals surface area contributed by atoms with Gasteiger partial charge in [0, 0.05) is 5.69 Å². The van der Waals surface area contributed by atoms with Crippen molar-refractivity contribution in [3.63, 3.8) is 0 Å². The highest BCUT2D eigenvalue weighted by Crippen LogP contribution is 2.27. The number of benzene rings is 2. The van der Waals surface area contributed by atoms with Crippen LogP contribution in [0.4, 0.5) is 5.69 Å². The Hall–Kier alpha value is -3.06. The van der Waals surface area contributed by atoms with Crippen molar-refractivity contribution in [2.24, 2.45) is 0 Å². The lowest BCUT2D eigenvalue weighted by molar-refractivity contribution is 0.468. The third-order valence-corrected chi connectivity index (χ3v) is 5.24. The van der Waals surface area contributed by atoms with Crippen LogP contribution in [-0.2, 0) is 16.4 Å². The Labute approximate surface area is 150 Å². The minimum absolute atomic E-state index is 0.128. The van der Waals surface area contributed by atoms with Crippen molar-refractivity contribution in [3.8, 4) is 5.75 Å². The van der Waals surface area contributed by atoms with Gasteiger partial charge in [-0.1, -0.05) is 18.2 Å². The molecule has 0 fully saturated rings. The van der Waals surface area contributed by atoms with Crippen LogP contribution in [0, 0.1) is 0 Å². The molecule has 0 unspecified atom stereocenters. The maximum absolute atomic E-state index is 12.5. The second-order valence-corrected chi connectivity index (χ2v) is 7.42. The van der Waals surface area contributed by atoms with Crippen LogP contribution in [-0.4, -0.2) is 13.5 Å². The number of hydrogen-bond donors (Lipinski definition) is 2. The van der Waals surface area contributed by atoms with E-state index in [0.29, 0.717) is 0 Å². The molecule has 0 radical (unpaired) electrons. The Morgan fingerprint density at radius 2 is 1.85 bits per heavy atom. The normalized spacial score (nSPS) is 11.4. The Bertz CT molecular complexity index is 1110. The zero-order chi connectivity index (χ0) is 18.7. The Kier molecular flexibility index (Phi) is 4.81. The van der Waals surface area contributed by atoms with Gasteiger partial charge in [-0.15, -0.1) is 6.58 Å². The molecule has 0 aliphatic rings. The number of hydrogen-bond acceptors (Lipinski definition) is 5. The van der Waals surface area contributed by atoms with Gasteiger partial charge in [-0.3, -0.25) is 4.72 Å². The first kappa shape index (κ1) is 17.8. The molecule has 2 N–H and O–H groups in total. The summed E-state index contributed by atoms with van der Waals surface area (Å²) in [5, 5.41) is 10.1. The highest BCUT2D eigenvalue weighted by atomic mass is 32.2. The molecule has 0 aliphatic heterocycles. The largest absolute Gasteiger partial charge is 0.507 e. The van der Waals surface area contributed by atoms with Crippen molar-refractivity contribution >= 4 is 26.7 Å². The lowest BCUT2D eigenvalue weighted by Gasteiger charge is -2.10. The lowest BCUT2D eigenvalue weighted by atomic mass is 10.1. The van der Waals surface area contributed by atoms with Crippen molar-refractivity contribution in [2.45, 2.75) is 17.7 Å². The standard InChI is InChI=1S/C19H17NO5S/c1-2-3-4-13-5-8-15(9-6-13)26(23,24)20-14-7-10-18-16(11-14)17(21)12-19(22)25-18/h2,5-12,20-21H,1,3-4H2. The molecule has 3 aromatic rings. The smallest absolute Gasteiger partial charge is 0.339 e. The molecule has 2 aromatic carbocycles. The predicted molar refractivity (Wildman–Crippen MR) is 99.9 cm³/mol. The SMILES string of the molecule is C=CCCc1ccc(S(=O)(=O)Nc2ccc3oc(=O)cc(O)c3c2)cc1. The van der Waals surface area contributed by atoms with E-state index in [0.717, 1.165) is 24.5 Å². The number of sulfonamides is 1. The fourth-order valence-corrected chi connectivity index (χ4v) is 3.58. The molecule has 6 nitrogen and oxygen atoms in total. The maximum atomic E-state index is 12.5. The predicted octanol–water partition coefficient (Wildman–Crippen LogP) is 3.42. The minimum Gasteiger partial charge on any atom is -0.507 e. The summed E-state index contributed by atoms with van der Waals surface area (Å²) < 4.78 is 32.5. The summed E-state index contributed by atoms with van der Waals surface area (Å²) in [7, 11) is -3.78. The van der Waals surface area contributed by atoms with Crippen molar-refractivity contribution in [3.05, 3.63) is 77.2 Å².